The second kappa shape index (κ2) is 5.05. The third-order valence-corrected chi connectivity index (χ3v) is 8.65. The molecule has 1 spiro atoms. The number of allylic oxidation sites excluding steroid dienone is 1. The van der Waals surface area contributed by atoms with Crippen molar-refractivity contribution >= 4 is 11.8 Å². The van der Waals surface area contributed by atoms with Crippen molar-refractivity contribution in [1.82, 2.24) is 0 Å². The summed E-state index contributed by atoms with van der Waals surface area (Å²) in [6.07, 6.45) is -2.13. The van der Waals surface area contributed by atoms with Crippen LogP contribution in [0.25, 0.3) is 0 Å². The van der Waals surface area contributed by atoms with E-state index in [0.29, 0.717) is 6.42 Å². The van der Waals surface area contributed by atoms with Gasteiger partial charge in [-0.3, -0.25) is 9.59 Å². The summed E-state index contributed by atoms with van der Waals surface area (Å²) in [5.74, 6) is -5.08. The van der Waals surface area contributed by atoms with Gasteiger partial charge in [-0.15, -0.1) is 0 Å². The Morgan fingerprint density at radius 2 is 1.86 bits per heavy atom. The molecule has 0 aromatic carbocycles. The van der Waals surface area contributed by atoms with Crippen molar-refractivity contribution in [3.63, 3.8) is 0 Å². The van der Waals surface area contributed by atoms with E-state index >= 15 is 0 Å². The lowest BCUT2D eigenvalue weighted by Crippen LogP contribution is -2.79. The Bertz CT molecular complexity index is 819. The van der Waals surface area contributed by atoms with Gasteiger partial charge in [0.05, 0.1) is 18.6 Å². The first-order valence-electron chi connectivity index (χ1n) is 9.78. The molecular formula is C20H26O8. The van der Waals surface area contributed by atoms with E-state index in [1.54, 1.807) is 13.8 Å². The predicted octanol–water partition coefficient (Wildman–Crippen LogP) is -0.719. The molecule has 5 aliphatic rings. The molecule has 0 radical (unpaired) electrons. The Morgan fingerprint density at radius 1 is 1.18 bits per heavy atom. The smallest absolute Gasteiger partial charge is 0.306 e. The van der Waals surface area contributed by atoms with Crippen molar-refractivity contribution in [3.05, 3.63) is 11.6 Å². The zero-order valence-corrected chi connectivity index (χ0v) is 16.1. The number of esters is 1. The summed E-state index contributed by atoms with van der Waals surface area (Å²) in [4.78, 5) is 24.9. The summed E-state index contributed by atoms with van der Waals surface area (Å²) < 4.78 is 11.5. The van der Waals surface area contributed by atoms with Crippen molar-refractivity contribution in [2.75, 3.05) is 6.61 Å². The highest BCUT2D eigenvalue weighted by molar-refractivity contribution is 5.96. The summed E-state index contributed by atoms with van der Waals surface area (Å²) in [6.45, 7) is 4.89. The van der Waals surface area contributed by atoms with Crippen LogP contribution in [0.2, 0.25) is 0 Å². The van der Waals surface area contributed by atoms with Gasteiger partial charge in [0.25, 0.3) is 0 Å². The van der Waals surface area contributed by atoms with Crippen LogP contribution < -0.4 is 0 Å². The molecular weight excluding hydrogens is 368 g/mol. The fourth-order valence-electron chi connectivity index (χ4n) is 7.56. The molecule has 5 rings (SSSR count). The van der Waals surface area contributed by atoms with E-state index in [1.807, 2.05) is 0 Å². The van der Waals surface area contributed by atoms with Crippen LogP contribution in [-0.4, -0.2) is 68.5 Å². The first-order chi connectivity index (χ1) is 12.9. The van der Waals surface area contributed by atoms with Crippen LogP contribution in [0.1, 0.15) is 33.6 Å². The third kappa shape index (κ3) is 1.72. The zero-order valence-electron chi connectivity index (χ0n) is 16.1. The highest BCUT2D eigenvalue weighted by Gasteiger charge is 2.84. The summed E-state index contributed by atoms with van der Waals surface area (Å²) in [5.41, 5.74) is -3.20. The highest BCUT2D eigenvalue weighted by atomic mass is 16.7. The maximum Gasteiger partial charge on any atom is 0.306 e. The van der Waals surface area contributed by atoms with Gasteiger partial charge in [-0.2, -0.15) is 0 Å². The molecule has 8 heteroatoms. The normalized spacial score (nSPS) is 59.9. The first kappa shape index (κ1) is 18.7. The monoisotopic (exact) mass is 394 g/mol. The minimum atomic E-state index is -2.17. The van der Waals surface area contributed by atoms with Crippen molar-refractivity contribution in [2.24, 2.45) is 28.6 Å². The molecule has 28 heavy (non-hydrogen) atoms. The molecule has 0 amide bonds. The lowest BCUT2D eigenvalue weighted by molar-refractivity contribution is -0.360. The predicted molar refractivity (Wildman–Crippen MR) is 92.4 cm³/mol. The number of aliphatic hydroxyl groups is 4. The quantitative estimate of drug-likeness (QED) is 0.396. The number of carbonyl (C=O) groups excluding carboxylic acids is 2. The Hall–Kier alpha value is -1.32. The minimum absolute atomic E-state index is 0.0318. The lowest BCUT2D eigenvalue weighted by Gasteiger charge is -2.68. The van der Waals surface area contributed by atoms with Crippen molar-refractivity contribution in [2.45, 2.75) is 63.3 Å². The molecule has 0 aromatic rings. The van der Waals surface area contributed by atoms with Gasteiger partial charge in [-0.05, 0) is 32.3 Å². The van der Waals surface area contributed by atoms with E-state index in [1.165, 1.54) is 13.0 Å². The van der Waals surface area contributed by atoms with Crippen LogP contribution >= 0.6 is 0 Å². The second-order valence-electron chi connectivity index (χ2n) is 9.80. The molecule has 154 valence electrons. The van der Waals surface area contributed by atoms with Crippen LogP contribution in [0, 0.1) is 28.6 Å². The number of carbonyl (C=O) groups is 2. The van der Waals surface area contributed by atoms with Crippen LogP contribution in [0.15, 0.2) is 11.6 Å². The molecule has 2 saturated carbocycles. The van der Waals surface area contributed by atoms with Gasteiger partial charge in [0.15, 0.2) is 11.6 Å². The molecule has 0 unspecified atom stereocenters. The maximum absolute atomic E-state index is 12.5. The molecule has 3 aliphatic carbocycles. The van der Waals surface area contributed by atoms with Crippen LogP contribution in [0.5, 0.6) is 0 Å². The summed E-state index contributed by atoms with van der Waals surface area (Å²) in [6, 6.07) is 0. The van der Waals surface area contributed by atoms with Crippen molar-refractivity contribution in [3.8, 4) is 0 Å². The number of ketones is 1. The highest BCUT2D eigenvalue weighted by Crippen LogP contribution is 2.74. The van der Waals surface area contributed by atoms with Crippen LogP contribution in [0.4, 0.5) is 0 Å². The van der Waals surface area contributed by atoms with Gasteiger partial charge in [-0.25, -0.2) is 0 Å². The van der Waals surface area contributed by atoms with Gasteiger partial charge in [0.1, 0.15) is 18.3 Å². The minimum Gasteiger partial charge on any atom is -0.462 e. The number of ether oxygens (including phenoxy) is 2. The average Bonchev–Trinajstić information content (AvgIpc) is 2.91. The number of hydrogen-bond acceptors (Lipinski definition) is 8. The van der Waals surface area contributed by atoms with E-state index in [9.17, 15) is 30.0 Å². The third-order valence-electron chi connectivity index (χ3n) is 8.65. The van der Waals surface area contributed by atoms with E-state index in [2.05, 4.69) is 0 Å². The molecule has 2 heterocycles. The molecule has 10 atom stereocenters. The molecule has 2 bridgehead atoms. The Kier molecular flexibility index (Phi) is 3.37. The van der Waals surface area contributed by atoms with Crippen molar-refractivity contribution in [1.29, 1.82) is 0 Å². The number of rotatable bonds is 0. The van der Waals surface area contributed by atoms with Crippen LogP contribution in [0.3, 0.4) is 0 Å². The number of aliphatic hydroxyl groups excluding tert-OH is 2. The average molecular weight is 394 g/mol. The molecule has 4 N–H and O–H groups in total. The topological polar surface area (TPSA) is 134 Å². The summed E-state index contributed by atoms with van der Waals surface area (Å²) >= 11 is 0. The van der Waals surface area contributed by atoms with Gasteiger partial charge in [0.2, 0.25) is 0 Å². The molecule has 4 fully saturated rings. The Labute approximate surface area is 162 Å². The molecule has 2 aliphatic heterocycles. The van der Waals surface area contributed by atoms with E-state index in [-0.39, 0.29) is 18.9 Å². The fourth-order valence-corrected chi connectivity index (χ4v) is 7.56. The van der Waals surface area contributed by atoms with Crippen LogP contribution in [-0.2, 0) is 19.1 Å². The number of fused-ring (bicyclic) bond motifs is 1. The van der Waals surface area contributed by atoms with E-state index < -0.39 is 64.1 Å². The van der Waals surface area contributed by atoms with E-state index in [4.69, 9.17) is 9.47 Å². The second-order valence-corrected chi connectivity index (χ2v) is 9.80. The zero-order chi connectivity index (χ0) is 20.4. The van der Waals surface area contributed by atoms with Crippen molar-refractivity contribution < 1.29 is 39.5 Å². The fraction of sp³-hybridized carbons (Fsp3) is 0.800. The van der Waals surface area contributed by atoms with Gasteiger partial charge < -0.3 is 29.9 Å². The lowest BCUT2D eigenvalue weighted by atomic mass is 9.37. The standard InChI is InChI=1S/C20H26O8/c1-8-4-10(21)14(23)17(2)9(8)5-12-19-7-27-20(26,15(17)19)16(24)18(3,25)11(19)6-13(22)28-12/h4,9,11-12,14-16,23-26H,5-7H2,1-3H3/t9-,11-,12+,14+,15+,16+,17+,18-,19+,20+/m0/s1. The Balaban J connectivity index is 1.80. The maximum atomic E-state index is 12.5. The van der Waals surface area contributed by atoms with E-state index in [0.717, 1.165) is 5.57 Å². The number of hydrogen-bond donors (Lipinski definition) is 4. The summed E-state index contributed by atoms with van der Waals surface area (Å²) in [7, 11) is 0. The Morgan fingerprint density at radius 3 is 2.54 bits per heavy atom. The van der Waals surface area contributed by atoms with Gasteiger partial charge in [-0.1, -0.05) is 12.5 Å². The SMILES string of the molecule is CC1=CC(=O)[C@@H](O)[C@]2(C)[C@H]3[C@@]4(O)OC[C@@]35[C@@H](C[C@@H]12)OC(=O)C[C@H]5[C@](C)(O)[C@H]4O. The largest absolute Gasteiger partial charge is 0.462 e. The molecule has 2 saturated heterocycles. The summed E-state index contributed by atoms with van der Waals surface area (Å²) in [5, 5.41) is 44.6. The van der Waals surface area contributed by atoms with Gasteiger partial charge >= 0.3 is 5.97 Å². The first-order valence-corrected chi connectivity index (χ1v) is 9.78. The van der Waals surface area contributed by atoms with Gasteiger partial charge in [0, 0.05) is 22.7 Å². The molecule has 0 aromatic heterocycles. The molecule has 8 nitrogen and oxygen atoms in total.